The van der Waals surface area contributed by atoms with Crippen LogP contribution in [0.15, 0.2) is 16.5 Å². The second-order valence-electron chi connectivity index (χ2n) is 2.51. The third-order valence-corrected chi connectivity index (χ3v) is 2.45. The van der Waals surface area contributed by atoms with E-state index in [9.17, 15) is 9.90 Å². The molecule has 0 spiro atoms. The lowest BCUT2D eigenvalue weighted by Crippen LogP contribution is -2.21. The number of furan rings is 1. The highest BCUT2D eigenvalue weighted by molar-refractivity contribution is 7.98. The standard InChI is InChI=1S/C9H9NO3S/c10-4-1-5-14-6-7-2-3-8(13-7)9(11)12/h2-3H,1,5-6H2,(H,11,12)/p-1. The minimum atomic E-state index is -1.31. The van der Waals surface area contributed by atoms with Crippen molar-refractivity contribution in [2.24, 2.45) is 0 Å². The van der Waals surface area contributed by atoms with Gasteiger partial charge in [-0.1, -0.05) is 0 Å². The molecule has 4 nitrogen and oxygen atoms in total. The van der Waals surface area contributed by atoms with Gasteiger partial charge in [-0.05, 0) is 12.1 Å². The first-order valence-electron chi connectivity index (χ1n) is 3.99. The second kappa shape index (κ2) is 5.35. The summed E-state index contributed by atoms with van der Waals surface area (Å²) < 4.78 is 4.96. The van der Waals surface area contributed by atoms with Crippen molar-refractivity contribution in [3.8, 4) is 6.07 Å². The maximum absolute atomic E-state index is 10.3. The monoisotopic (exact) mass is 210 g/mol. The predicted molar refractivity (Wildman–Crippen MR) is 49.4 cm³/mol. The molecule has 0 radical (unpaired) electrons. The highest BCUT2D eigenvalue weighted by Gasteiger charge is 2.02. The van der Waals surface area contributed by atoms with Crippen LogP contribution in [0.2, 0.25) is 0 Å². The van der Waals surface area contributed by atoms with Gasteiger partial charge in [0.25, 0.3) is 0 Å². The third kappa shape index (κ3) is 3.15. The van der Waals surface area contributed by atoms with Gasteiger partial charge >= 0.3 is 0 Å². The van der Waals surface area contributed by atoms with Crippen LogP contribution in [0.3, 0.4) is 0 Å². The summed E-state index contributed by atoms with van der Waals surface area (Å²) in [7, 11) is 0. The molecule has 14 heavy (non-hydrogen) atoms. The predicted octanol–water partition coefficient (Wildman–Crippen LogP) is 0.790. The average Bonchev–Trinajstić information content (AvgIpc) is 2.61. The van der Waals surface area contributed by atoms with Crippen LogP contribution in [-0.4, -0.2) is 11.7 Å². The molecule has 0 unspecified atom stereocenters. The number of aromatic carboxylic acids is 1. The number of hydrogen-bond donors (Lipinski definition) is 0. The number of carboxylic acids is 1. The second-order valence-corrected chi connectivity index (χ2v) is 3.62. The van der Waals surface area contributed by atoms with Crippen molar-refractivity contribution >= 4 is 17.7 Å². The molecular weight excluding hydrogens is 202 g/mol. The fraction of sp³-hybridized carbons (Fsp3) is 0.333. The van der Waals surface area contributed by atoms with Crippen molar-refractivity contribution in [1.82, 2.24) is 0 Å². The zero-order valence-corrected chi connectivity index (χ0v) is 8.17. The van der Waals surface area contributed by atoms with E-state index < -0.39 is 5.97 Å². The fourth-order valence-electron chi connectivity index (χ4n) is 0.856. The molecule has 0 saturated heterocycles. The zero-order chi connectivity index (χ0) is 10.4. The Bertz CT molecular complexity index is 353. The number of carbonyl (C=O) groups is 1. The Balaban J connectivity index is 2.37. The molecule has 0 aliphatic carbocycles. The third-order valence-electron chi connectivity index (χ3n) is 1.47. The van der Waals surface area contributed by atoms with E-state index >= 15 is 0 Å². The molecule has 1 aromatic rings. The molecule has 1 heterocycles. The Morgan fingerprint density at radius 3 is 3.00 bits per heavy atom. The van der Waals surface area contributed by atoms with Gasteiger partial charge in [0.1, 0.15) is 17.5 Å². The quantitative estimate of drug-likeness (QED) is 0.671. The first kappa shape index (κ1) is 10.7. The molecule has 1 rings (SSSR count). The van der Waals surface area contributed by atoms with Crippen LogP contribution in [0, 0.1) is 11.3 Å². The van der Waals surface area contributed by atoms with Gasteiger partial charge in [-0.15, -0.1) is 0 Å². The lowest BCUT2D eigenvalue weighted by Gasteiger charge is -1.96. The normalized spacial score (nSPS) is 9.64. The Morgan fingerprint density at radius 1 is 1.64 bits per heavy atom. The molecule has 1 aromatic heterocycles. The molecule has 74 valence electrons. The first-order chi connectivity index (χ1) is 6.74. The molecule has 0 aromatic carbocycles. The largest absolute Gasteiger partial charge is 0.542 e. The minimum absolute atomic E-state index is 0.152. The van der Waals surface area contributed by atoms with Gasteiger partial charge in [-0.2, -0.15) is 17.0 Å². The van der Waals surface area contributed by atoms with Crippen LogP contribution >= 0.6 is 11.8 Å². The molecule has 0 atom stereocenters. The van der Waals surface area contributed by atoms with Crippen LogP contribution in [-0.2, 0) is 5.75 Å². The molecule has 0 aliphatic rings. The van der Waals surface area contributed by atoms with Gasteiger partial charge in [0.05, 0.1) is 11.8 Å². The Hall–Kier alpha value is -1.41. The van der Waals surface area contributed by atoms with E-state index in [0.29, 0.717) is 17.9 Å². The first-order valence-corrected chi connectivity index (χ1v) is 5.14. The summed E-state index contributed by atoms with van der Waals surface area (Å²) in [6.45, 7) is 0. The van der Waals surface area contributed by atoms with Gasteiger partial charge in [-0.25, -0.2) is 0 Å². The fourth-order valence-corrected chi connectivity index (χ4v) is 1.59. The molecule has 0 fully saturated rings. The maximum Gasteiger partial charge on any atom is 0.149 e. The number of nitrogens with zero attached hydrogens (tertiary/aromatic N) is 1. The molecule has 0 amide bonds. The smallest absolute Gasteiger partial charge is 0.149 e. The number of nitriles is 1. The summed E-state index contributed by atoms with van der Waals surface area (Å²) in [6.07, 6.45) is 0.485. The summed E-state index contributed by atoms with van der Waals surface area (Å²) in [6, 6.07) is 4.99. The Labute approximate surface area is 85.5 Å². The van der Waals surface area contributed by atoms with Crippen LogP contribution in [0.4, 0.5) is 0 Å². The number of hydrogen-bond acceptors (Lipinski definition) is 5. The molecule has 5 heteroatoms. The average molecular weight is 210 g/mol. The summed E-state index contributed by atoms with van der Waals surface area (Å²) in [5.74, 6) is 0.429. The topological polar surface area (TPSA) is 77.1 Å². The van der Waals surface area contributed by atoms with Crippen molar-refractivity contribution < 1.29 is 14.3 Å². The number of carboxylic acid groups (broad SMARTS) is 1. The summed E-state index contributed by atoms with van der Waals surface area (Å²) >= 11 is 1.53. The summed E-state index contributed by atoms with van der Waals surface area (Å²) in [5, 5.41) is 18.6. The number of thioether (sulfide) groups is 1. The number of carbonyl (C=O) groups excluding carboxylic acids is 1. The van der Waals surface area contributed by atoms with Crippen LogP contribution in [0.25, 0.3) is 0 Å². The van der Waals surface area contributed by atoms with E-state index in [4.69, 9.17) is 9.68 Å². The highest BCUT2D eigenvalue weighted by atomic mass is 32.2. The van der Waals surface area contributed by atoms with Crippen molar-refractivity contribution in [2.45, 2.75) is 12.2 Å². The molecule has 0 saturated carbocycles. The lowest BCUT2D eigenvalue weighted by atomic mass is 10.4. The maximum atomic E-state index is 10.3. The van der Waals surface area contributed by atoms with Gasteiger partial charge in [0.2, 0.25) is 0 Å². The molecule has 0 aliphatic heterocycles. The van der Waals surface area contributed by atoms with Gasteiger partial charge in [0, 0.05) is 12.2 Å². The Morgan fingerprint density at radius 2 is 2.43 bits per heavy atom. The minimum Gasteiger partial charge on any atom is -0.542 e. The van der Waals surface area contributed by atoms with Crippen molar-refractivity contribution in [3.63, 3.8) is 0 Å². The van der Waals surface area contributed by atoms with E-state index in [0.717, 1.165) is 5.75 Å². The Kier molecular flexibility index (Phi) is 4.08. The van der Waals surface area contributed by atoms with Crippen molar-refractivity contribution in [3.05, 3.63) is 23.7 Å². The molecule has 0 N–H and O–H groups in total. The van der Waals surface area contributed by atoms with E-state index in [2.05, 4.69) is 0 Å². The summed E-state index contributed by atoms with van der Waals surface area (Å²) in [5.41, 5.74) is 0. The van der Waals surface area contributed by atoms with Gasteiger partial charge in [0.15, 0.2) is 0 Å². The molecule has 0 bridgehead atoms. The van der Waals surface area contributed by atoms with Crippen LogP contribution in [0.1, 0.15) is 22.7 Å². The van der Waals surface area contributed by atoms with E-state index in [-0.39, 0.29) is 5.76 Å². The van der Waals surface area contributed by atoms with Crippen molar-refractivity contribution in [2.75, 3.05) is 5.75 Å². The lowest BCUT2D eigenvalue weighted by molar-refractivity contribution is -0.257. The zero-order valence-electron chi connectivity index (χ0n) is 7.36. The van der Waals surface area contributed by atoms with Gasteiger partial charge in [-0.3, -0.25) is 0 Å². The van der Waals surface area contributed by atoms with Gasteiger partial charge < -0.3 is 14.3 Å². The number of rotatable bonds is 5. The van der Waals surface area contributed by atoms with Crippen molar-refractivity contribution in [1.29, 1.82) is 5.26 Å². The van der Waals surface area contributed by atoms with Crippen LogP contribution in [0.5, 0.6) is 0 Å². The van der Waals surface area contributed by atoms with E-state index in [1.165, 1.54) is 17.8 Å². The van der Waals surface area contributed by atoms with E-state index in [1.807, 2.05) is 6.07 Å². The highest BCUT2D eigenvalue weighted by Crippen LogP contribution is 2.15. The SMILES string of the molecule is N#CCCSCc1ccc(C(=O)[O-])o1. The van der Waals surface area contributed by atoms with Crippen LogP contribution < -0.4 is 5.11 Å². The molecular formula is C9H8NO3S-. The summed E-state index contributed by atoms with van der Waals surface area (Å²) in [4.78, 5) is 10.3. The van der Waals surface area contributed by atoms with E-state index in [1.54, 1.807) is 6.07 Å².